The maximum atomic E-state index is 14.2. The van der Waals surface area contributed by atoms with Gasteiger partial charge in [0.15, 0.2) is 0 Å². The van der Waals surface area contributed by atoms with Crippen molar-refractivity contribution >= 4 is 123 Å². The fourth-order valence-electron chi connectivity index (χ4n) is 16.4. The summed E-state index contributed by atoms with van der Waals surface area (Å²) in [6, 6.07) is 17.6. The Morgan fingerprint density at radius 1 is 0.504 bits per heavy atom. The molecule has 2 aliphatic carbocycles. The van der Waals surface area contributed by atoms with Gasteiger partial charge < -0.3 is 34.9 Å². The number of likely N-dealkylation sites (N-methyl/N-ethyl adjacent to an activating group) is 4. The molecule has 127 heavy (non-hydrogen) atoms. The van der Waals surface area contributed by atoms with Crippen LogP contribution in [-0.2, 0) is 48.4 Å². The number of ether oxygens (including phenoxy) is 1. The number of urea groups is 4. The second kappa shape index (κ2) is 42.9. The molecule has 6 aliphatic heterocycles. The van der Waals surface area contributed by atoms with E-state index in [9.17, 15) is 92.7 Å². The van der Waals surface area contributed by atoms with E-state index in [0.717, 1.165) is 96.2 Å². The van der Waals surface area contributed by atoms with Crippen molar-refractivity contribution in [1.82, 2.24) is 60.4 Å². The minimum Gasteiger partial charge on any atom is -0.480 e. The van der Waals surface area contributed by atoms with E-state index in [1.807, 2.05) is 0 Å². The van der Waals surface area contributed by atoms with E-state index < -0.39 is 103 Å². The number of hydrogen-bond acceptors (Lipinski definition) is 22. The number of nitrogens with one attached hydrogen (secondary N) is 3. The van der Waals surface area contributed by atoms with E-state index >= 15 is 0 Å². The SMILES string of the molecule is C.CCOC(C)=O.CN1C(=O)N(c2ccnc(OS(=O)(=O)C(F)(F)F)c2)C2(CCCCC2)C1=O.CN1C(=O)N(c2ccncc2)C2(CCCCC2)C1=O.CN1C(=O)N(c2ccncc2)C2(CCNCC2)C1=O.Cc1ccc(F)c(C(=O)N[C@@H](C(=O)N2CCC3(CC2)C(=O)N(C)C(=O)N3c2ccncc2)C(C)C)c1.Cc1ccc(F)c(C(=O)N[C@@H](C(=O)O)C(C)C)c1.Cl. The zero-order valence-corrected chi connectivity index (χ0v) is 73.4. The molecule has 2 saturated carbocycles. The van der Waals surface area contributed by atoms with Crippen molar-refractivity contribution in [2.75, 3.05) is 80.6 Å². The zero-order valence-electron chi connectivity index (χ0n) is 71.8. The van der Waals surface area contributed by atoms with Gasteiger partial charge in [0.05, 0.1) is 23.4 Å². The van der Waals surface area contributed by atoms with Gasteiger partial charge in [-0.1, -0.05) is 96.9 Å². The highest BCUT2D eigenvalue weighted by atomic mass is 35.5. The predicted octanol–water partition coefficient (Wildman–Crippen LogP) is 11.5. The van der Waals surface area contributed by atoms with Gasteiger partial charge in [0.2, 0.25) is 11.8 Å². The summed E-state index contributed by atoms with van der Waals surface area (Å²) in [5.41, 5.74) is -5.90. The molecular formula is C86H108ClF5N16O18S. The highest BCUT2D eigenvalue weighted by Crippen LogP contribution is 2.46. The van der Waals surface area contributed by atoms with E-state index in [4.69, 9.17) is 5.11 Å². The molecule has 41 heteroatoms. The normalized spacial score (nSPS) is 18.3. The van der Waals surface area contributed by atoms with Gasteiger partial charge in [-0.25, -0.2) is 37.7 Å². The van der Waals surface area contributed by atoms with Crippen molar-refractivity contribution in [1.29, 1.82) is 0 Å². The van der Waals surface area contributed by atoms with Crippen LogP contribution in [0, 0.1) is 37.3 Å². The standard InChI is InChI=1S/C26H30FN5O4.C15H16F3N3O5S.C14H17N3O2.C13H16FNO3.C13H16N4O2.C4H8O2.CH4.ClH/c1-16(2)21(29-22(33)19-15-17(3)5-6-20(19)27)23(34)31-13-9-26(10-14-31)24(35)30(4)25(36)32(26)18-7-11-28-12-8-18;1-20-12(22)14(6-3-2-4-7-14)21(13(20)23)10-5-8-19-11(9-10)26-27(24,25)15(16,17)18;1-16-12(18)14(7-3-2-4-8-14)17(13(16)19)11-5-9-15-10-6-11;1-7(2)11(13(17)18)15-12(16)9-6-8(3)4-5-10(9)14;1-16-11(18)13(4-8-15-9-5-13)17(12(16)19)10-2-6-14-7-3-10;1-3-6-4(2)5;;/h5-8,11-12,15-16,21H,9-10,13-14H2,1-4H3,(H,29,33);5,8-9H,2-4,6-7H2,1H3;5-6,9-10H,2-4,7-8H2,1H3;4-7,11H,1-3H3,(H,15,16)(H,17,18);2-3,6-7,15H,4-5,8-9H2,1H3;3H2,1-2H3;1H4;1H/t21-;;;11-;;;;/m1..1..../s1. The number of imide groups is 4. The average molecular weight is 1820 g/mol. The van der Waals surface area contributed by atoms with Crippen LogP contribution in [0.1, 0.15) is 171 Å². The number of carbonyl (C=O) groups is 13. The topological polar surface area (TPSA) is 412 Å². The number of pyridine rings is 4. The number of anilines is 4. The van der Waals surface area contributed by atoms with Crippen LogP contribution in [0.2, 0.25) is 0 Å². The molecule has 6 saturated heterocycles. The smallest absolute Gasteiger partial charge is 0.480 e. The zero-order chi connectivity index (χ0) is 92.0. The van der Waals surface area contributed by atoms with Gasteiger partial charge in [-0.2, -0.15) is 21.6 Å². The molecule has 15 amide bonds. The third kappa shape index (κ3) is 21.9. The van der Waals surface area contributed by atoms with Gasteiger partial charge in [-0.15, -0.1) is 12.4 Å². The van der Waals surface area contributed by atoms with Crippen molar-refractivity contribution in [3.8, 4) is 5.88 Å². The first-order valence-electron chi connectivity index (χ1n) is 40.7. The summed E-state index contributed by atoms with van der Waals surface area (Å²) in [5.74, 6) is -6.56. The number of carboxylic acids is 1. The highest BCUT2D eigenvalue weighted by Gasteiger charge is 2.61. The number of aliphatic carboxylic acids is 1. The maximum absolute atomic E-state index is 14.2. The minimum absolute atomic E-state index is 0. The van der Waals surface area contributed by atoms with Crippen molar-refractivity contribution in [2.24, 2.45) is 11.8 Å². The number of carbonyl (C=O) groups excluding carboxylic acids is 12. The number of likely N-dealkylation sites (tertiary alicyclic amines) is 1. The maximum Gasteiger partial charge on any atom is 0.534 e. The van der Waals surface area contributed by atoms with Crippen molar-refractivity contribution < 1.29 is 107 Å². The number of amides is 15. The Bertz CT molecular complexity index is 5020. The van der Waals surface area contributed by atoms with Gasteiger partial charge in [0, 0.05) is 115 Å². The van der Waals surface area contributed by atoms with Gasteiger partial charge in [0.25, 0.3) is 35.4 Å². The third-order valence-electron chi connectivity index (χ3n) is 22.9. The van der Waals surface area contributed by atoms with Crippen LogP contribution in [0.5, 0.6) is 5.88 Å². The summed E-state index contributed by atoms with van der Waals surface area (Å²) in [4.78, 5) is 188. The number of aromatic nitrogens is 4. The highest BCUT2D eigenvalue weighted by molar-refractivity contribution is 7.88. The first-order chi connectivity index (χ1) is 59.0. The van der Waals surface area contributed by atoms with Gasteiger partial charge in [-0.05, 0) is 164 Å². The van der Waals surface area contributed by atoms with Crippen LogP contribution >= 0.6 is 12.4 Å². The molecule has 2 atom stereocenters. The molecule has 4 spiro atoms. The Hall–Kier alpha value is -12.2. The number of halogens is 6. The molecule has 10 heterocycles. The molecule has 6 aromatic rings. The van der Waals surface area contributed by atoms with E-state index in [-0.39, 0.29) is 116 Å². The van der Waals surface area contributed by atoms with Crippen LogP contribution in [0.15, 0.2) is 128 Å². The Kier molecular flexibility index (Phi) is 34.4. The molecule has 8 aliphatic rings. The lowest BCUT2D eigenvalue weighted by Gasteiger charge is -2.43. The average Bonchev–Trinajstić information content (AvgIpc) is 1.60. The Morgan fingerprint density at radius 2 is 0.835 bits per heavy atom. The number of alkyl halides is 3. The van der Waals surface area contributed by atoms with E-state index in [1.165, 1.54) is 71.0 Å². The first kappa shape index (κ1) is 102. The molecule has 0 bridgehead atoms. The van der Waals surface area contributed by atoms with E-state index in [2.05, 4.69) is 44.8 Å². The largest absolute Gasteiger partial charge is 0.534 e. The summed E-state index contributed by atoms with van der Waals surface area (Å²) in [7, 11) is 0.00541. The van der Waals surface area contributed by atoms with Gasteiger partial charge in [0.1, 0.15) is 45.9 Å². The summed E-state index contributed by atoms with van der Waals surface area (Å²) in [6.45, 7) is 16.0. The van der Waals surface area contributed by atoms with Crippen LogP contribution in [0.3, 0.4) is 0 Å². The summed E-state index contributed by atoms with van der Waals surface area (Å²) in [5, 5.41) is 17.2. The summed E-state index contributed by atoms with van der Waals surface area (Å²) < 4.78 is 96.1. The lowest BCUT2D eigenvalue weighted by molar-refractivity contribution is -0.141. The van der Waals surface area contributed by atoms with E-state index in [0.29, 0.717) is 50.8 Å². The van der Waals surface area contributed by atoms with Crippen molar-refractivity contribution in [3.63, 3.8) is 0 Å². The van der Waals surface area contributed by atoms with Crippen LogP contribution < -0.4 is 39.7 Å². The van der Waals surface area contributed by atoms with Gasteiger partial charge >= 0.3 is 51.7 Å². The fourth-order valence-corrected chi connectivity index (χ4v) is 16.8. The molecule has 4 N–H and O–H groups in total. The lowest BCUT2D eigenvalue weighted by Crippen LogP contribution is -2.60. The monoisotopic (exact) mass is 1810 g/mol. The first-order valence-corrected chi connectivity index (χ1v) is 42.1. The number of carboxylic acid groups (broad SMARTS) is 1. The molecule has 34 nitrogen and oxygen atoms in total. The predicted molar refractivity (Wildman–Crippen MR) is 459 cm³/mol. The van der Waals surface area contributed by atoms with Crippen LogP contribution in [0.4, 0.5) is 63.9 Å². The molecule has 688 valence electrons. The van der Waals surface area contributed by atoms with Gasteiger partial charge in [-0.3, -0.25) is 92.5 Å². The third-order valence-corrected chi connectivity index (χ3v) is 23.8. The molecule has 0 unspecified atom stereocenters. The number of rotatable bonds is 15. The minimum atomic E-state index is -5.90. The Balaban J connectivity index is 0.000000218. The molecule has 0 radical (unpaired) electrons. The number of esters is 1. The molecule has 14 rings (SSSR count). The molecule has 4 aromatic heterocycles. The number of hydrogen-bond donors (Lipinski definition) is 4. The van der Waals surface area contributed by atoms with Crippen LogP contribution in [-0.4, -0.2) is 236 Å². The second-order valence-corrected chi connectivity index (χ2v) is 33.4. The van der Waals surface area contributed by atoms with Crippen molar-refractivity contribution in [2.45, 2.75) is 192 Å². The summed E-state index contributed by atoms with van der Waals surface area (Å²) >= 11 is 0. The van der Waals surface area contributed by atoms with Crippen molar-refractivity contribution in [3.05, 3.63) is 162 Å². The quantitative estimate of drug-likeness (QED) is 0.0244. The number of aryl methyl sites for hydroxylation is 2. The van der Waals surface area contributed by atoms with E-state index in [1.54, 1.807) is 163 Å². The Labute approximate surface area is 739 Å². The van der Waals surface area contributed by atoms with Crippen LogP contribution in [0.25, 0.3) is 0 Å². The summed E-state index contributed by atoms with van der Waals surface area (Å²) in [6.07, 6.45) is 20.3. The number of benzene rings is 2. The number of piperidine rings is 2. The molecule has 8 fully saturated rings. The Morgan fingerprint density at radius 3 is 1.16 bits per heavy atom. The number of nitrogens with zero attached hydrogens (tertiary/aromatic N) is 13. The lowest BCUT2D eigenvalue weighted by atomic mass is 9.80. The molecular weight excluding hydrogens is 1710 g/mol. The molecule has 2 aromatic carbocycles. The fraction of sp³-hybridized carbons (Fsp3) is 0.477. The second-order valence-electron chi connectivity index (χ2n) is 31.8.